The summed E-state index contributed by atoms with van der Waals surface area (Å²) in [7, 11) is 1.82. The molecular weight excluding hydrogens is 284 g/mol. The lowest BCUT2D eigenvalue weighted by Crippen LogP contribution is -2.27. The number of benzene rings is 3. The lowest BCUT2D eigenvalue weighted by Gasteiger charge is -2.18. The standard InChI is InChI=1S/C20H20N2O/c1-14(16-12-7-9-15-8-3-4-10-17(15)16)22-20(23)18-11-5-6-13-19(18)21-2/h3-14,21H,1-2H3,(H,22,23)/t14-/m1/s1. The van der Waals surface area contributed by atoms with Crippen LogP contribution in [0.1, 0.15) is 28.9 Å². The first kappa shape index (κ1) is 15.1. The van der Waals surface area contributed by atoms with Crippen LogP contribution < -0.4 is 10.6 Å². The lowest BCUT2D eigenvalue weighted by molar-refractivity contribution is 0.0941. The van der Waals surface area contributed by atoms with Gasteiger partial charge in [-0.1, -0.05) is 54.6 Å². The molecule has 0 aliphatic rings. The van der Waals surface area contributed by atoms with E-state index >= 15 is 0 Å². The summed E-state index contributed by atoms with van der Waals surface area (Å²) in [5.41, 5.74) is 2.61. The molecule has 0 radical (unpaired) electrons. The summed E-state index contributed by atoms with van der Waals surface area (Å²) in [5, 5.41) is 8.51. The van der Waals surface area contributed by atoms with Crippen molar-refractivity contribution in [3.8, 4) is 0 Å². The van der Waals surface area contributed by atoms with Crippen LogP contribution in [0.2, 0.25) is 0 Å². The SMILES string of the molecule is CNc1ccccc1C(=O)N[C@H](C)c1cccc2ccccc12. The fourth-order valence-electron chi connectivity index (χ4n) is 2.88. The smallest absolute Gasteiger partial charge is 0.253 e. The van der Waals surface area contributed by atoms with Gasteiger partial charge in [0.2, 0.25) is 0 Å². The molecule has 3 aromatic carbocycles. The van der Waals surface area contributed by atoms with Crippen molar-refractivity contribution < 1.29 is 4.79 Å². The Kier molecular flexibility index (Phi) is 4.29. The van der Waals surface area contributed by atoms with Gasteiger partial charge in [0.05, 0.1) is 11.6 Å². The Morgan fingerprint density at radius 3 is 2.43 bits per heavy atom. The predicted octanol–water partition coefficient (Wildman–Crippen LogP) is 4.37. The summed E-state index contributed by atoms with van der Waals surface area (Å²) in [6.07, 6.45) is 0. The zero-order valence-electron chi connectivity index (χ0n) is 13.3. The van der Waals surface area contributed by atoms with E-state index in [2.05, 4.69) is 34.9 Å². The number of hydrogen-bond acceptors (Lipinski definition) is 2. The molecule has 0 aromatic heterocycles. The molecule has 3 aromatic rings. The average molecular weight is 304 g/mol. The molecule has 0 spiro atoms. The first-order valence-corrected chi connectivity index (χ1v) is 7.76. The topological polar surface area (TPSA) is 41.1 Å². The maximum absolute atomic E-state index is 12.6. The highest BCUT2D eigenvalue weighted by molar-refractivity contribution is 6.00. The number of carbonyl (C=O) groups is 1. The molecular formula is C20H20N2O. The molecule has 0 aliphatic heterocycles. The van der Waals surface area contributed by atoms with Crippen molar-refractivity contribution in [2.75, 3.05) is 12.4 Å². The second-order valence-electron chi connectivity index (χ2n) is 5.56. The number of fused-ring (bicyclic) bond motifs is 1. The molecule has 116 valence electrons. The molecule has 3 nitrogen and oxygen atoms in total. The summed E-state index contributed by atoms with van der Waals surface area (Å²) in [4.78, 5) is 12.6. The quantitative estimate of drug-likeness (QED) is 0.751. The summed E-state index contributed by atoms with van der Waals surface area (Å²) in [6, 6.07) is 21.9. The molecule has 0 saturated heterocycles. The summed E-state index contributed by atoms with van der Waals surface area (Å²) < 4.78 is 0. The van der Waals surface area contributed by atoms with E-state index in [0.29, 0.717) is 5.56 Å². The van der Waals surface area contributed by atoms with Crippen molar-refractivity contribution in [1.29, 1.82) is 0 Å². The van der Waals surface area contributed by atoms with E-state index in [0.717, 1.165) is 11.3 Å². The second-order valence-corrected chi connectivity index (χ2v) is 5.56. The molecule has 0 bridgehead atoms. The minimum Gasteiger partial charge on any atom is -0.387 e. The van der Waals surface area contributed by atoms with Crippen LogP contribution in [0.5, 0.6) is 0 Å². The fraction of sp³-hybridized carbons (Fsp3) is 0.150. The summed E-state index contributed by atoms with van der Waals surface area (Å²) in [5.74, 6) is -0.0737. The third-order valence-electron chi connectivity index (χ3n) is 4.08. The van der Waals surface area contributed by atoms with Crippen LogP contribution in [0.4, 0.5) is 5.69 Å². The van der Waals surface area contributed by atoms with E-state index in [9.17, 15) is 4.79 Å². The van der Waals surface area contributed by atoms with E-state index in [1.54, 1.807) is 0 Å². The van der Waals surface area contributed by atoms with Crippen LogP contribution in [0.3, 0.4) is 0 Å². The van der Waals surface area contributed by atoms with Gasteiger partial charge in [0.1, 0.15) is 0 Å². The zero-order chi connectivity index (χ0) is 16.2. The Bertz CT molecular complexity index is 836. The van der Waals surface area contributed by atoms with Gasteiger partial charge in [0.25, 0.3) is 5.91 Å². The van der Waals surface area contributed by atoms with Crippen molar-refractivity contribution in [2.45, 2.75) is 13.0 Å². The molecule has 3 rings (SSSR count). The maximum atomic E-state index is 12.6. The largest absolute Gasteiger partial charge is 0.387 e. The van der Waals surface area contributed by atoms with Crippen LogP contribution in [-0.2, 0) is 0 Å². The molecule has 2 N–H and O–H groups in total. The van der Waals surface area contributed by atoms with Gasteiger partial charge in [-0.2, -0.15) is 0 Å². The van der Waals surface area contributed by atoms with E-state index in [1.807, 2.05) is 56.4 Å². The fourth-order valence-corrected chi connectivity index (χ4v) is 2.88. The van der Waals surface area contributed by atoms with Gasteiger partial charge in [-0.15, -0.1) is 0 Å². The van der Waals surface area contributed by atoms with Crippen LogP contribution in [0.15, 0.2) is 66.7 Å². The number of hydrogen-bond donors (Lipinski definition) is 2. The molecule has 0 heterocycles. The maximum Gasteiger partial charge on any atom is 0.253 e. The Balaban J connectivity index is 1.89. The highest BCUT2D eigenvalue weighted by Crippen LogP contribution is 2.24. The zero-order valence-corrected chi connectivity index (χ0v) is 13.3. The number of nitrogens with one attached hydrogen (secondary N) is 2. The molecule has 1 atom stereocenters. The molecule has 0 unspecified atom stereocenters. The van der Waals surface area contributed by atoms with Gasteiger partial charge >= 0.3 is 0 Å². The Morgan fingerprint density at radius 2 is 1.61 bits per heavy atom. The van der Waals surface area contributed by atoms with Gasteiger partial charge in [-0.25, -0.2) is 0 Å². The number of carbonyl (C=O) groups excluding carboxylic acids is 1. The molecule has 3 heteroatoms. The Labute approximate surface area is 136 Å². The average Bonchev–Trinajstić information content (AvgIpc) is 2.61. The Morgan fingerprint density at radius 1 is 0.913 bits per heavy atom. The predicted molar refractivity (Wildman–Crippen MR) is 95.8 cm³/mol. The highest BCUT2D eigenvalue weighted by Gasteiger charge is 2.15. The normalized spacial score (nSPS) is 11.9. The number of amides is 1. The van der Waals surface area contributed by atoms with Gasteiger partial charge in [0.15, 0.2) is 0 Å². The lowest BCUT2D eigenvalue weighted by atomic mass is 9.99. The van der Waals surface area contributed by atoms with E-state index in [4.69, 9.17) is 0 Å². The van der Waals surface area contributed by atoms with Crippen molar-refractivity contribution in [3.05, 3.63) is 77.9 Å². The monoisotopic (exact) mass is 304 g/mol. The molecule has 0 fully saturated rings. The van der Waals surface area contributed by atoms with Crippen molar-refractivity contribution in [3.63, 3.8) is 0 Å². The second kappa shape index (κ2) is 6.53. The van der Waals surface area contributed by atoms with E-state index in [-0.39, 0.29) is 11.9 Å². The van der Waals surface area contributed by atoms with Crippen LogP contribution in [0.25, 0.3) is 10.8 Å². The molecule has 1 amide bonds. The van der Waals surface area contributed by atoms with Gasteiger partial charge in [0, 0.05) is 12.7 Å². The van der Waals surface area contributed by atoms with Gasteiger partial charge in [-0.05, 0) is 35.4 Å². The summed E-state index contributed by atoms with van der Waals surface area (Å²) in [6.45, 7) is 2.02. The minimum atomic E-state index is -0.0737. The minimum absolute atomic E-state index is 0.0708. The molecule has 23 heavy (non-hydrogen) atoms. The van der Waals surface area contributed by atoms with Crippen LogP contribution in [-0.4, -0.2) is 13.0 Å². The van der Waals surface area contributed by atoms with Crippen molar-refractivity contribution in [2.24, 2.45) is 0 Å². The number of para-hydroxylation sites is 1. The first-order valence-electron chi connectivity index (χ1n) is 7.76. The number of rotatable bonds is 4. The van der Waals surface area contributed by atoms with E-state index < -0.39 is 0 Å². The highest BCUT2D eigenvalue weighted by atomic mass is 16.1. The third-order valence-corrected chi connectivity index (χ3v) is 4.08. The molecule has 0 saturated carbocycles. The Hall–Kier alpha value is -2.81. The van der Waals surface area contributed by atoms with Gasteiger partial charge in [-0.3, -0.25) is 4.79 Å². The third kappa shape index (κ3) is 3.04. The van der Waals surface area contributed by atoms with Crippen LogP contribution >= 0.6 is 0 Å². The summed E-state index contributed by atoms with van der Waals surface area (Å²) >= 11 is 0. The van der Waals surface area contributed by atoms with Crippen molar-refractivity contribution in [1.82, 2.24) is 5.32 Å². The first-order chi connectivity index (χ1) is 11.2. The van der Waals surface area contributed by atoms with Crippen LogP contribution in [0, 0.1) is 0 Å². The van der Waals surface area contributed by atoms with Crippen molar-refractivity contribution >= 4 is 22.4 Å². The molecule has 0 aliphatic carbocycles. The number of anilines is 1. The van der Waals surface area contributed by atoms with Gasteiger partial charge < -0.3 is 10.6 Å². The van der Waals surface area contributed by atoms with E-state index in [1.165, 1.54) is 10.8 Å².